The van der Waals surface area contributed by atoms with E-state index in [0.717, 1.165) is 24.2 Å². The van der Waals surface area contributed by atoms with Crippen molar-refractivity contribution in [3.63, 3.8) is 0 Å². The monoisotopic (exact) mass is 350 g/mol. The van der Waals surface area contributed by atoms with Crippen LogP contribution in [-0.2, 0) is 6.54 Å². The van der Waals surface area contributed by atoms with Crippen LogP contribution in [0.25, 0.3) is 0 Å². The predicted octanol–water partition coefficient (Wildman–Crippen LogP) is 2.92. The van der Waals surface area contributed by atoms with Gasteiger partial charge in [-0.25, -0.2) is 9.67 Å². The summed E-state index contributed by atoms with van der Waals surface area (Å²) in [7, 11) is 0. The number of nitrogens with zero attached hydrogens (tertiary/aromatic N) is 3. The van der Waals surface area contributed by atoms with Crippen molar-refractivity contribution in [2.75, 3.05) is 13.2 Å². The Morgan fingerprint density at radius 3 is 2.58 bits per heavy atom. The standard InChI is InChI=1S/C20H22N4O2/c25-20(22-12-4-5-13-26-19-6-2-1-3-7-19)18-10-8-17(9-11-18)14-24-16-21-15-23-24/h1-3,6-11,15-16H,4-5,12-14H2,(H,22,25). The van der Waals surface area contributed by atoms with Crippen LogP contribution in [0.3, 0.4) is 0 Å². The second kappa shape index (κ2) is 9.36. The molecular weight excluding hydrogens is 328 g/mol. The van der Waals surface area contributed by atoms with Crippen molar-refractivity contribution in [1.82, 2.24) is 20.1 Å². The van der Waals surface area contributed by atoms with Crippen molar-refractivity contribution in [1.29, 1.82) is 0 Å². The fourth-order valence-electron chi connectivity index (χ4n) is 2.50. The van der Waals surface area contributed by atoms with Crippen molar-refractivity contribution in [3.05, 3.63) is 78.4 Å². The third-order valence-corrected chi connectivity index (χ3v) is 3.90. The van der Waals surface area contributed by atoms with Gasteiger partial charge in [-0.05, 0) is 42.7 Å². The zero-order valence-electron chi connectivity index (χ0n) is 14.5. The first-order chi connectivity index (χ1) is 12.8. The summed E-state index contributed by atoms with van der Waals surface area (Å²) in [6.45, 7) is 1.93. The minimum Gasteiger partial charge on any atom is -0.494 e. The fraction of sp³-hybridized carbons (Fsp3) is 0.250. The number of amides is 1. The van der Waals surface area contributed by atoms with Crippen LogP contribution in [0.4, 0.5) is 0 Å². The van der Waals surface area contributed by atoms with E-state index < -0.39 is 0 Å². The van der Waals surface area contributed by atoms with Gasteiger partial charge in [0.25, 0.3) is 5.91 Å². The zero-order chi connectivity index (χ0) is 18.0. The highest BCUT2D eigenvalue weighted by molar-refractivity contribution is 5.94. The van der Waals surface area contributed by atoms with Gasteiger partial charge in [0.15, 0.2) is 0 Å². The lowest BCUT2D eigenvalue weighted by atomic mass is 10.1. The van der Waals surface area contributed by atoms with Crippen molar-refractivity contribution >= 4 is 5.91 Å². The van der Waals surface area contributed by atoms with Gasteiger partial charge in [-0.2, -0.15) is 5.10 Å². The molecule has 2 aromatic carbocycles. The lowest BCUT2D eigenvalue weighted by Gasteiger charge is -2.08. The van der Waals surface area contributed by atoms with Gasteiger partial charge in [0.1, 0.15) is 18.4 Å². The van der Waals surface area contributed by atoms with Crippen molar-refractivity contribution < 1.29 is 9.53 Å². The number of unbranched alkanes of at least 4 members (excludes halogenated alkanes) is 1. The summed E-state index contributed by atoms with van der Waals surface area (Å²) in [5.74, 6) is 0.823. The van der Waals surface area contributed by atoms with E-state index in [1.54, 1.807) is 11.0 Å². The first-order valence-electron chi connectivity index (χ1n) is 8.69. The number of nitrogens with one attached hydrogen (secondary N) is 1. The number of carbonyl (C=O) groups excluding carboxylic acids is 1. The van der Waals surface area contributed by atoms with Crippen molar-refractivity contribution in [3.8, 4) is 5.75 Å². The van der Waals surface area contributed by atoms with Gasteiger partial charge in [-0.3, -0.25) is 4.79 Å². The lowest BCUT2D eigenvalue weighted by Crippen LogP contribution is -2.24. The van der Waals surface area contributed by atoms with E-state index >= 15 is 0 Å². The van der Waals surface area contributed by atoms with Gasteiger partial charge in [-0.1, -0.05) is 30.3 Å². The molecule has 0 saturated heterocycles. The largest absolute Gasteiger partial charge is 0.494 e. The fourth-order valence-corrected chi connectivity index (χ4v) is 2.50. The second-order valence-electron chi connectivity index (χ2n) is 5.91. The molecule has 0 aliphatic heterocycles. The van der Waals surface area contributed by atoms with Crippen LogP contribution in [0.15, 0.2) is 67.3 Å². The molecule has 0 bridgehead atoms. The minimum absolute atomic E-state index is 0.0544. The second-order valence-corrected chi connectivity index (χ2v) is 5.91. The Morgan fingerprint density at radius 1 is 1.04 bits per heavy atom. The zero-order valence-corrected chi connectivity index (χ0v) is 14.5. The quantitative estimate of drug-likeness (QED) is 0.603. The Bertz CT molecular complexity index is 786. The minimum atomic E-state index is -0.0544. The number of rotatable bonds is 9. The molecule has 1 aromatic heterocycles. The number of aromatic nitrogens is 3. The lowest BCUT2D eigenvalue weighted by molar-refractivity contribution is 0.0952. The maximum Gasteiger partial charge on any atom is 0.251 e. The van der Waals surface area contributed by atoms with Gasteiger partial charge in [-0.15, -0.1) is 0 Å². The van der Waals surface area contributed by atoms with Crippen LogP contribution < -0.4 is 10.1 Å². The molecule has 0 spiro atoms. The molecule has 0 saturated carbocycles. The maximum absolute atomic E-state index is 12.2. The van der Waals surface area contributed by atoms with Gasteiger partial charge < -0.3 is 10.1 Å². The first kappa shape index (κ1) is 17.7. The summed E-state index contributed by atoms with van der Waals surface area (Å²) in [5, 5.41) is 7.01. The molecule has 0 unspecified atom stereocenters. The Kier molecular flexibility index (Phi) is 6.36. The van der Waals surface area contributed by atoms with E-state index in [0.29, 0.717) is 25.3 Å². The van der Waals surface area contributed by atoms with Crippen LogP contribution in [-0.4, -0.2) is 33.8 Å². The summed E-state index contributed by atoms with van der Waals surface area (Å²) < 4.78 is 7.37. The molecule has 26 heavy (non-hydrogen) atoms. The Morgan fingerprint density at radius 2 is 1.85 bits per heavy atom. The highest BCUT2D eigenvalue weighted by atomic mass is 16.5. The number of benzene rings is 2. The summed E-state index contributed by atoms with van der Waals surface area (Å²) in [4.78, 5) is 16.1. The van der Waals surface area contributed by atoms with Crippen molar-refractivity contribution in [2.24, 2.45) is 0 Å². The van der Waals surface area contributed by atoms with Gasteiger partial charge in [0.2, 0.25) is 0 Å². The van der Waals surface area contributed by atoms with Gasteiger partial charge in [0, 0.05) is 12.1 Å². The van der Waals surface area contributed by atoms with Crippen LogP contribution in [0.5, 0.6) is 5.75 Å². The molecule has 0 aliphatic rings. The molecule has 134 valence electrons. The number of carbonyl (C=O) groups is 1. The average molecular weight is 350 g/mol. The molecule has 0 atom stereocenters. The highest BCUT2D eigenvalue weighted by Crippen LogP contribution is 2.09. The molecule has 1 N–H and O–H groups in total. The number of para-hydroxylation sites is 1. The third kappa shape index (κ3) is 5.44. The van der Waals surface area contributed by atoms with Gasteiger partial charge >= 0.3 is 0 Å². The molecule has 1 heterocycles. The molecule has 3 rings (SSSR count). The van der Waals surface area contributed by atoms with Crippen LogP contribution >= 0.6 is 0 Å². The normalized spacial score (nSPS) is 10.5. The van der Waals surface area contributed by atoms with E-state index in [-0.39, 0.29) is 5.91 Å². The van der Waals surface area contributed by atoms with E-state index in [2.05, 4.69) is 15.4 Å². The molecule has 3 aromatic rings. The maximum atomic E-state index is 12.2. The molecule has 0 aliphatic carbocycles. The molecule has 0 radical (unpaired) electrons. The number of ether oxygens (including phenoxy) is 1. The summed E-state index contributed by atoms with van der Waals surface area (Å²) in [6, 6.07) is 17.3. The van der Waals surface area contributed by atoms with Crippen molar-refractivity contribution in [2.45, 2.75) is 19.4 Å². The van der Waals surface area contributed by atoms with E-state index in [9.17, 15) is 4.79 Å². The SMILES string of the molecule is O=C(NCCCCOc1ccccc1)c1ccc(Cn2cncn2)cc1. The average Bonchev–Trinajstić information content (AvgIpc) is 3.19. The Balaban J connectivity index is 1.34. The third-order valence-electron chi connectivity index (χ3n) is 3.90. The van der Waals surface area contributed by atoms with E-state index in [1.165, 1.54) is 6.33 Å². The Labute approximate surface area is 152 Å². The topological polar surface area (TPSA) is 69.0 Å². The van der Waals surface area contributed by atoms with Crippen LogP contribution in [0.2, 0.25) is 0 Å². The molecule has 6 heteroatoms. The first-order valence-corrected chi connectivity index (χ1v) is 8.69. The number of hydrogen-bond acceptors (Lipinski definition) is 4. The molecule has 6 nitrogen and oxygen atoms in total. The predicted molar refractivity (Wildman–Crippen MR) is 99.1 cm³/mol. The summed E-state index contributed by atoms with van der Waals surface area (Å²) in [6.07, 6.45) is 4.95. The summed E-state index contributed by atoms with van der Waals surface area (Å²) >= 11 is 0. The van der Waals surface area contributed by atoms with Gasteiger partial charge in [0.05, 0.1) is 13.2 Å². The highest BCUT2D eigenvalue weighted by Gasteiger charge is 2.05. The molecule has 0 fully saturated rings. The van der Waals surface area contributed by atoms with E-state index in [4.69, 9.17) is 4.74 Å². The molecule has 1 amide bonds. The van der Waals surface area contributed by atoms with E-state index in [1.807, 2.05) is 54.6 Å². The smallest absolute Gasteiger partial charge is 0.251 e. The van der Waals surface area contributed by atoms with Crippen LogP contribution in [0, 0.1) is 0 Å². The summed E-state index contributed by atoms with van der Waals surface area (Å²) in [5.41, 5.74) is 1.73. The Hall–Kier alpha value is -3.15. The molecular formula is C20H22N4O2. The van der Waals surface area contributed by atoms with Crippen LogP contribution in [0.1, 0.15) is 28.8 Å². The number of hydrogen-bond donors (Lipinski definition) is 1.